The molecule has 0 N–H and O–H groups in total. The molecule has 0 amide bonds. The van der Waals surface area contributed by atoms with Crippen molar-refractivity contribution in [3.05, 3.63) is 36.8 Å². The van der Waals surface area contributed by atoms with E-state index in [9.17, 15) is 0 Å². The van der Waals surface area contributed by atoms with Crippen LogP contribution >= 0.6 is 0 Å². The first-order chi connectivity index (χ1) is 5.77. The van der Waals surface area contributed by atoms with Crippen LogP contribution in [-0.2, 0) is 0 Å². The second kappa shape index (κ2) is 2.44. The van der Waals surface area contributed by atoms with E-state index >= 15 is 0 Å². The predicted octanol–water partition coefficient (Wildman–Crippen LogP) is 1.76. The van der Waals surface area contributed by atoms with E-state index in [-0.39, 0.29) is 0 Å². The highest BCUT2D eigenvalue weighted by atomic mass is 15.2. The highest BCUT2D eigenvalue weighted by Crippen LogP contribution is 2.10. The highest BCUT2D eigenvalue weighted by Gasteiger charge is 1.97. The van der Waals surface area contributed by atoms with Gasteiger partial charge in [-0.3, -0.25) is 0 Å². The van der Waals surface area contributed by atoms with Gasteiger partial charge in [-0.2, -0.15) is 5.10 Å². The molecular weight excluding hydrogens is 150 g/mol. The van der Waals surface area contributed by atoms with Crippen LogP contribution in [0, 0.1) is 0 Å². The topological polar surface area (TPSA) is 30.2 Å². The summed E-state index contributed by atoms with van der Waals surface area (Å²) in [5, 5.41) is 4.16. The van der Waals surface area contributed by atoms with Crippen LogP contribution in [0.4, 0.5) is 0 Å². The summed E-state index contributed by atoms with van der Waals surface area (Å²) in [7, 11) is 0. The lowest BCUT2D eigenvalue weighted by atomic mass is 10.2. The fourth-order valence-electron chi connectivity index (χ4n) is 1.04. The second-order valence-corrected chi connectivity index (χ2v) is 2.75. The molecule has 0 radical (unpaired) electrons. The van der Waals surface area contributed by atoms with Gasteiger partial charge >= 0.3 is 0 Å². The van der Waals surface area contributed by atoms with Gasteiger partial charge in [0, 0.05) is 18.0 Å². The maximum atomic E-state index is 4.16. The summed E-state index contributed by atoms with van der Waals surface area (Å²) in [5.41, 5.74) is 2.90. The van der Waals surface area contributed by atoms with Crippen LogP contribution in [0.3, 0.4) is 0 Å². The number of fused-ring (bicyclic) bond motifs is 1. The minimum Gasteiger partial charge on any atom is -0.236 e. The lowest BCUT2D eigenvalue weighted by Gasteiger charge is -1.98. The number of hydrogen-bond donors (Lipinski definition) is 0. The molecule has 0 atom stereocenters. The van der Waals surface area contributed by atoms with Crippen LogP contribution < -0.4 is 0 Å². The Kier molecular flexibility index (Phi) is 1.43. The lowest BCUT2D eigenvalue weighted by Crippen LogP contribution is -1.91. The van der Waals surface area contributed by atoms with Gasteiger partial charge in [-0.1, -0.05) is 6.58 Å². The number of rotatable bonds is 1. The molecule has 2 aromatic heterocycles. The molecule has 0 aromatic carbocycles. The van der Waals surface area contributed by atoms with Crippen LogP contribution in [0.15, 0.2) is 31.2 Å². The minimum absolute atomic E-state index is 0.857. The average molecular weight is 159 g/mol. The SMILES string of the molecule is C=C(C)c1cnn2ccnc2c1. The monoisotopic (exact) mass is 159 g/mol. The molecule has 0 aliphatic heterocycles. The van der Waals surface area contributed by atoms with Gasteiger partial charge in [-0.25, -0.2) is 9.50 Å². The van der Waals surface area contributed by atoms with Crippen molar-refractivity contribution < 1.29 is 0 Å². The number of nitrogens with zero attached hydrogens (tertiary/aromatic N) is 3. The van der Waals surface area contributed by atoms with Crippen LogP contribution in [0.5, 0.6) is 0 Å². The quantitative estimate of drug-likeness (QED) is 0.634. The molecule has 0 spiro atoms. The van der Waals surface area contributed by atoms with Crippen molar-refractivity contribution >= 4 is 11.2 Å². The van der Waals surface area contributed by atoms with E-state index in [0.717, 1.165) is 16.8 Å². The summed E-state index contributed by atoms with van der Waals surface area (Å²) in [6.07, 6.45) is 5.33. The Hall–Kier alpha value is -1.64. The van der Waals surface area contributed by atoms with Crippen molar-refractivity contribution in [3.8, 4) is 0 Å². The van der Waals surface area contributed by atoms with E-state index in [0.29, 0.717) is 0 Å². The molecule has 0 bridgehead atoms. The van der Waals surface area contributed by atoms with Crippen molar-refractivity contribution in [1.82, 2.24) is 14.6 Å². The van der Waals surface area contributed by atoms with Gasteiger partial charge in [0.05, 0.1) is 6.20 Å². The maximum Gasteiger partial charge on any atom is 0.154 e. The third kappa shape index (κ3) is 0.993. The van der Waals surface area contributed by atoms with E-state index in [1.807, 2.05) is 19.2 Å². The zero-order valence-electron chi connectivity index (χ0n) is 6.86. The van der Waals surface area contributed by atoms with Gasteiger partial charge < -0.3 is 0 Å². The summed E-state index contributed by atoms with van der Waals surface area (Å²) in [6.45, 7) is 5.79. The maximum absolute atomic E-state index is 4.16. The first-order valence-electron chi connectivity index (χ1n) is 3.72. The molecule has 2 aromatic rings. The number of allylic oxidation sites excluding steroid dienone is 1. The molecule has 0 unspecified atom stereocenters. The Morgan fingerprint density at radius 3 is 3.17 bits per heavy atom. The number of imidazole rings is 1. The number of hydrogen-bond acceptors (Lipinski definition) is 2. The lowest BCUT2D eigenvalue weighted by molar-refractivity contribution is 0.932. The molecular formula is C9H9N3. The smallest absolute Gasteiger partial charge is 0.154 e. The van der Waals surface area contributed by atoms with Crippen LogP contribution in [0.25, 0.3) is 11.2 Å². The zero-order chi connectivity index (χ0) is 8.55. The fraction of sp³-hybridized carbons (Fsp3) is 0.111. The zero-order valence-corrected chi connectivity index (χ0v) is 6.86. The van der Waals surface area contributed by atoms with Crippen molar-refractivity contribution in [2.75, 3.05) is 0 Å². The van der Waals surface area contributed by atoms with E-state index in [1.165, 1.54) is 0 Å². The third-order valence-corrected chi connectivity index (χ3v) is 1.75. The first kappa shape index (κ1) is 7.03. The van der Waals surface area contributed by atoms with Gasteiger partial charge in [-0.15, -0.1) is 0 Å². The summed E-state index contributed by atoms with van der Waals surface area (Å²) in [6, 6.07) is 1.97. The molecule has 0 aliphatic rings. The molecule has 2 heterocycles. The fourth-order valence-corrected chi connectivity index (χ4v) is 1.04. The molecule has 0 fully saturated rings. The molecule has 0 saturated heterocycles. The van der Waals surface area contributed by atoms with E-state index < -0.39 is 0 Å². The molecule has 0 aliphatic carbocycles. The third-order valence-electron chi connectivity index (χ3n) is 1.75. The standard InChI is InChI=1S/C9H9N3/c1-7(2)8-5-9-10-3-4-12(9)11-6-8/h3-6H,1H2,2H3. The average Bonchev–Trinajstić information content (AvgIpc) is 2.49. The van der Waals surface area contributed by atoms with Crippen LogP contribution in [-0.4, -0.2) is 14.6 Å². The van der Waals surface area contributed by atoms with Crippen LogP contribution in [0.2, 0.25) is 0 Å². The van der Waals surface area contributed by atoms with Crippen molar-refractivity contribution in [1.29, 1.82) is 0 Å². The molecule has 2 rings (SSSR count). The largest absolute Gasteiger partial charge is 0.236 e. The van der Waals surface area contributed by atoms with Gasteiger partial charge in [-0.05, 0) is 18.6 Å². The highest BCUT2D eigenvalue weighted by molar-refractivity contribution is 5.63. The predicted molar refractivity (Wildman–Crippen MR) is 47.7 cm³/mol. The Morgan fingerprint density at radius 1 is 1.58 bits per heavy atom. The van der Waals surface area contributed by atoms with Crippen molar-refractivity contribution in [2.45, 2.75) is 6.92 Å². The van der Waals surface area contributed by atoms with E-state index in [4.69, 9.17) is 0 Å². The summed E-state index contributed by atoms with van der Waals surface area (Å²) in [5.74, 6) is 0. The molecule has 0 saturated carbocycles. The Bertz CT molecular complexity index is 428. The first-order valence-corrected chi connectivity index (χ1v) is 3.72. The second-order valence-electron chi connectivity index (χ2n) is 2.75. The van der Waals surface area contributed by atoms with E-state index in [2.05, 4.69) is 16.7 Å². The number of aromatic nitrogens is 3. The molecule has 3 nitrogen and oxygen atoms in total. The van der Waals surface area contributed by atoms with Crippen molar-refractivity contribution in [2.24, 2.45) is 0 Å². The van der Waals surface area contributed by atoms with E-state index in [1.54, 1.807) is 16.9 Å². The Balaban J connectivity index is 2.68. The van der Waals surface area contributed by atoms with Gasteiger partial charge in [0.15, 0.2) is 5.65 Å². The summed E-state index contributed by atoms with van der Waals surface area (Å²) < 4.78 is 1.73. The van der Waals surface area contributed by atoms with Crippen LogP contribution in [0.1, 0.15) is 12.5 Å². The Labute approximate surface area is 70.4 Å². The Morgan fingerprint density at radius 2 is 2.42 bits per heavy atom. The van der Waals surface area contributed by atoms with Gasteiger partial charge in [0.2, 0.25) is 0 Å². The van der Waals surface area contributed by atoms with Gasteiger partial charge in [0.1, 0.15) is 0 Å². The normalized spacial score (nSPS) is 10.4. The van der Waals surface area contributed by atoms with Gasteiger partial charge in [0.25, 0.3) is 0 Å². The molecule has 12 heavy (non-hydrogen) atoms. The summed E-state index contributed by atoms with van der Waals surface area (Å²) >= 11 is 0. The minimum atomic E-state index is 0.857. The molecule has 3 heteroatoms. The molecule has 60 valence electrons. The summed E-state index contributed by atoms with van der Waals surface area (Å²) in [4.78, 5) is 4.12. The van der Waals surface area contributed by atoms with Crippen molar-refractivity contribution in [3.63, 3.8) is 0 Å².